The second kappa shape index (κ2) is 5.79. The van der Waals surface area contributed by atoms with Gasteiger partial charge in [0.1, 0.15) is 0 Å². The SMILES string of the molecule is CCCCC(CC)Cn1ccnc1. The number of unbranched alkanes of at least 4 members (excludes halogenated alkanes) is 1. The molecule has 1 heterocycles. The third-order valence-electron chi connectivity index (χ3n) is 2.57. The molecule has 0 saturated carbocycles. The molecule has 2 heteroatoms. The van der Waals surface area contributed by atoms with E-state index in [1.807, 2.05) is 12.5 Å². The molecule has 0 N–H and O–H groups in total. The van der Waals surface area contributed by atoms with E-state index in [1.54, 1.807) is 0 Å². The van der Waals surface area contributed by atoms with Gasteiger partial charge in [-0.2, -0.15) is 0 Å². The van der Waals surface area contributed by atoms with Crippen LogP contribution in [0.15, 0.2) is 18.7 Å². The van der Waals surface area contributed by atoms with Gasteiger partial charge in [0, 0.05) is 18.9 Å². The Morgan fingerprint density at radius 3 is 2.77 bits per heavy atom. The molecule has 0 aromatic carbocycles. The Kier molecular flexibility index (Phi) is 4.58. The highest BCUT2D eigenvalue weighted by atomic mass is 15.0. The molecular formula is C11H20N2. The van der Waals surface area contributed by atoms with Crippen molar-refractivity contribution in [3.05, 3.63) is 18.7 Å². The molecule has 1 atom stereocenters. The second-order valence-corrected chi connectivity index (χ2v) is 3.68. The Bertz CT molecular complexity index is 204. The Morgan fingerprint density at radius 2 is 2.23 bits per heavy atom. The summed E-state index contributed by atoms with van der Waals surface area (Å²) in [5.41, 5.74) is 0. The van der Waals surface area contributed by atoms with Gasteiger partial charge in [0.25, 0.3) is 0 Å². The fraction of sp³-hybridized carbons (Fsp3) is 0.727. The van der Waals surface area contributed by atoms with Crippen LogP contribution in [0.4, 0.5) is 0 Å². The number of rotatable bonds is 6. The van der Waals surface area contributed by atoms with Crippen LogP contribution in [0.25, 0.3) is 0 Å². The summed E-state index contributed by atoms with van der Waals surface area (Å²) in [5, 5.41) is 0. The smallest absolute Gasteiger partial charge is 0.0945 e. The van der Waals surface area contributed by atoms with Gasteiger partial charge in [-0.3, -0.25) is 0 Å². The predicted molar refractivity (Wildman–Crippen MR) is 55.5 cm³/mol. The van der Waals surface area contributed by atoms with Gasteiger partial charge in [-0.25, -0.2) is 4.98 Å². The first-order valence-electron chi connectivity index (χ1n) is 5.32. The molecule has 0 aliphatic carbocycles. The molecule has 1 aromatic heterocycles. The van der Waals surface area contributed by atoms with Crippen LogP contribution in [0.2, 0.25) is 0 Å². The lowest BCUT2D eigenvalue weighted by Crippen LogP contribution is -2.08. The minimum atomic E-state index is 0.828. The second-order valence-electron chi connectivity index (χ2n) is 3.68. The minimum absolute atomic E-state index is 0.828. The van der Waals surface area contributed by atoms with Crippen molar-refractivity contribution >= 4 is 0 Å². The lowest BCUT2D eigenvalue weighted by atomic mass is 9.99. The molecule has 0 amide bonds. The molecule has 1 unspecified atom stereocenters. The molecule has 1 rings (SSSR count). The molecular weight excluding hydrogens is 160 g/mol. The van der Waals surface area contributed by atoms with Gasteiger partial charge in [-0.1, -0.05) is 33.1 Å². The first-order valence-corrected chi connectivity index (χ1v) is 5.32. The highest BCUT2D eigenvalue weighted by molar-refractivity contribution is 4.75. The molecule has 0 aliphatic heterocycles. The van der Waals surface area contributed by atoms with Crippen molar-refractivity contribution in [3.63, 3.8) is 0 Å². The van der Waals surface area contributed by atoms with Gasteiger partial charge in [-0.15, -0.1) is 0 Å². The van der Waals surface area contributed by atoms with Crippen LogP contribution >= 0.6 is 0 Å². The molecule has 0 radical (unpaired) electrons. The number of hydrogen-bond donors (Lipinski definition) is 0. The minimum Gasteiger partial charge on any atom is -0.337 e. The van der Waals surface area contributed by atoms with Crippen molar-refractivity contribution in [3.8, 4) is 0 Å². The van der Waals surface area contributed by atoms with E-state index in [4.69, 9.17) is 0 Å². The molecule has 1 aromatic rings. The normalized spacial score (nSPS) is 13.1. The van der Waals surface area contributed by atoms with Gasteiger partial charge in [0.15, 0.2) is 0 Å². The predicted octanol–water partition coefficient (Wildman–Crippen LogP) is 3.10. The van der Waals surface area contributed by atoms with E-state index in [-0.39, 0.29) is 0 Å². The number of imidazole rings is 1. The van der Waals surface area contributed by atoms with Crippen LogP contribution in [-0.2, 0) is 6.54 Å². The average molecular weight is 180 g/mol. The molecule has 2 nitrogen and oxygen atoms in total. The van der Waals surface area contributed by atoms with Gasteiger partial charge in [-0.05, 0) is 12.3 Å². The first-order chi connectivity index (χ1) is 6.36. The number of aromatic nitrogens is 2. The van der Waals surface area contributed by atoms with Crippen molar-refractivity contribution < 1.29 is 0 Å². The van der Waals surface area contributed by atoms with E-state index in [2.05, 4.69) is 29.6 Å². The summed E-state index contributed by atoms with van der Waals surface area (Å²) < 4.78 is 2.18. The van der Waals surface area contributed by atoms with E-state index in [0.717, 1.165) is 12.5 Å². The molecule has 0 bridgehead atoms. The summed E-state index contributed by atoms with van der Waals surface area (Å²) in [6, 6.07) is 0. The third kappa shape index (κ3) is 3.62. The van der Waals surface area contributed by atoms with E-state index >= 15 is 0 Å². The van der Waals surface area contributed by atoms with Crippen LogP contribution in [0.1, 0.15) is 39.5 Å². The van der Waals surface area contributed by atoms with Crippen LogP contribution in [0, 0.1) is 5.92 Å². The Hall–Kier alpha value is -0.790. The van der Waals surface area contributed by atoms with Crippen molar-refractivity contribution in [1.82, 2.24) is 9.55 Å². The number of hydrogen-bond acceptors (Lipinski definition) is 1. The summed E-state index contributed by atoms with van der Waals surface area (Å²) in [7, 11) is 0. The van der Waals surface area contributed by atoms with E-state index in [0.29, 0.717) is 0 Å². The molecule has 0 fully saturated rings. The Morgan fingerprint density at radius 1 is 1.38 bits per heavy atom. The lowest BCUT2D eigenvalue weighted by molar-refractivity contribution is 0.390. The zero-order chi connectivity index (χ0) is 9.52. The highest BCUT2D eigenvalue weighted by Crippen LogP contribution is 2.14. The maximum absolute atomic E-state index is 4.05. The molecule has 74 valence electrons. The largest absolute Gasteiger partial charge is 0.337 e. The Balaban J connectivity index is 2.31. The third-order valence-corrected chi connectivity index (χ3v) is 2.57. The maximum atomic E-state index is 4.05. The van der Waals surface area contributed by atoms with Crippen LogP contribution in [-0.4, -0.2) is 9.55 Å². The van der Waals surface area contributed by atoms with Crippen LogP contribution in [0.5, 0.6) is 0 Å². The summed E-state index contributed by atoms with van der Waals surface area (Å²) in [5.74, 6) is 0.828. The van der Waals surface area contributed by atoms with Crippen molar-refractivity contribution in [2.45, 2.75) is 46.1 Å². The topological polar surface area (TPSA) is 17.8 Å². The molecule has 13 heavy (non-hydrogen) atoms. The maximum Gasteiger partial charge on any atom is 0.0945 e. The van der Waals surface area contributed by atoms with Crippen LogP contribution < -0.4 is 0 Å². The monoisotopic (exact) mass is 180 g/mol. The van der Waals surface area contributed by atoms with Crippen LogP contribution in [0.3, 0.4) is 0 Å². The van der Waals surface area contributed by atoms with Gasteiger partial charge >= 0.3 is 0 Å². The number of nitrogens with zero attached hydrogens (tertiary/aromatic N) is 2. The average Bonchev–Trinajstić information content (AvgIpc) is 2.64. The quantitative estimate of drug-likeness (QED) is 0.657. The van der Waals surface area contributed by atoms with E-state index in [9.17, 15) is 0 Å². The van der Waals surface area contributed by atoms with Crippen molar-refractivity contribution in [2.75, 3.05) is 0 Å². The zero-order valence-corrected chi connectivity index (χ0v) is 8.74. The van der Waals surface area contributed by atoms with Gasteiger partial charge in [0.05, 0.1) is 6.33 Å². The van der Waals surface area contributed by atoms with E-state index < -0.39 is 0 Å². The zero-order valence-electron chi connectivity index (χ0n) is 8.74. The fourth-order valence-corrected chi connectivity index (χ4v) is 1.61. The Labute approximate surface area is 81.0 Å². The molecule has 0 aliphatic rings. The highest BCUT2D eigenvalue weighted by Gasteiger charge is 2.05. The van der Waals surface area contributed by atoms with Gasteiger partial charge in [0.2, 0.25) is 0 Å². The van der Waals surface area contributed by atoms with Gasteiger partial charge < -0.3 is 4.57 Å². The lowest BCUT2D eigenvalue weighted by Gasteiger charge is -2.14. The first kappa shape index (κ1) is 10.3. The summed E-state index contributed by atoms with van der Waals surface area (Å²) in [4.78, 5) is 4.05. The standard InChI is InChI=1S/C11H20N2/c1-3-5-6-11(4-2)9-13-8-7-12-10-13/h7-8,10-11H,3-6,9H2,1-2H3. The van der Waals surface area contributed by atoms with Crippen molar-refractivity contribution in [1.29, 1.82) is 0 Å². The van der Waals surface area contributed by atoms with E-state index in [1.165, 1.54) is 25.7 Å². The molecule has 0 spiro atoms. The fourth-order valence-electron chi connectivity index (χ4n) is 1.61. The summed E-state index contributed by atoms with van der Waals surface area (Å²) in [6.07, 6.45) is 11.1. The van der Waals surface area contributed by atoms with Crippen molar-refractivity contribution in [2.24, 2.45) is 5.92 Å². The molecule has 0 saturated heterocycles. The summed E-state index contributed by atoms with van der Waals surface area (Å²) in [6.45, 7) is 5.66. The summed E-state index contributed by atoms with van der Waals surface area (Å²) >= 11 is 0.